The molecule has 8 nitrogen and oxygen atoms in total. The van der Waals surface area contributed by atoms with E-state index in [9.17, 15) is 14.4 Å². The van der Waals surface area contributed by atoms with Gasteiger partial charge in [-0.15, -0.1) is 0 Å². The second-order valence-electron chi connectivity index (χ2n) is 6.37. The highest BCUT2D eigenvalue weighted by molar-refractivity contribution is 7.99. The van der Waals surface area contributed by atoms with Gasteiger partial charge in [0.05, 0.1) is 30.8 Å². The Morgan fingerprint density at radius 3 is 2.71 bits per heavy atom. The maximum Gasteiger partial charge on any atom is 0.325 e. The third-order valence-corrected chi connectivity index (χ3v) is 5.55. The summed E-state index contributed by atoms with van der Waals surface area (Å²) in [6.45, 7) is -0.262. The summed E-state index contributed by atoms with van der Waals surface area (Å²) in [6.07, 6.45) is 0.140. The number of esters is 1. The first-order valence-corrected chi connectivity index (χ1v) is 10.6. The Labute approximate surface area is 187 Å². The van der Waals surface area contributed by atoms with E-state index in [-0.39, 0.29) is 24.4 Å². The van der Waals surface area contributed by atoms with Gasteiger partial charge < -0.3 is 14.8 Å². The SMILES string of the molecule is COC(=O)Cn1c(SCCC(=O)Nc2cc(Cl)ccc2OC)nc2ccccc2c1=O. The second kappa shape index (κ2) is 10.3. The van der Waals surface area contributed by atoms with Crippen LogP contribution in [0.5, 0.6) is 5.75 Å². The molecule has 1 heterocycles. The summed E-state index contributed by atoms with van der Waals surface area (Å²) in [5, 5.41) is 3.97. The number of hydrogen-bond acceptors (Lipinski definition) is 7. The summed E-state index contributed by atoms with van der Waals surface area (Å²) in [4.78, 5) is 41.5. The molecule has 0 radical (unpaired) electrons. The molecule has 3 rings (SSSR count). The molecule has 31 heavy (non-hydrogen) atoms. The fraction of sp³-hybridized carbons (Fsp3) is 0.238. The zero-order chi connectivity index (χ0) is 22.4. The fourth-order valence-corrected chi connectivity index (χ4v) is 3.92. The van der Waals surface area contributed by atoms with E-state index in [1.165, 1.54) is 30.5 Å². The molecule has 0 aliphatic carbocycles. The van der Waals surface area contributed by atoms with Crippen molar-refractivity contribution < 1.29 is 19.1 Å². The van der Waals surface area contributed by atoms with E-state index < -0.39 is 5.97 Å². The first kappa shape index (κ1) is 22.6. The zero-order valence-corrected chi connectivity index (χ0v) is 18.5. The molecule has 0 saturated heterocycles. The van der Waals surface area contributed by atoms with Gasteiger partial charge in [0.2, 0.25) is 5.91 Å². The molecule has 3 aromatic rings. The summed E-state index contributed by atoms with van der Waals surface area (Å²) in [7, 11) is 2.75. The van der Waals surface area contributed by atoms with Crippen molar-refractivity contribution in [3.63, 3.8) is 0 Å². The van der Waals surface area contributed by atoms with Gasteiger partial charge in [-0.25, -0.2) is 4.98 Å². The average Bonchev–Trinajstić information content (AvgIpc) is 2.76. The van der Waals surface area contributed by atoms with Crippen molar-refractivity contribution in [2.75, 3.05) is 25.3 Å². The molecule has 0 aliphatic rings. The number of amides is 1. The number of fused-ring (bicyclic) bond motifs is 1. The Morgan fingerprint density at radius 2 is 1.97 bits per heavy atom. The molecule has 0 bridgehead atoms. The monoisotopic (exact) mass is 461 g/mol. The molecule has 0 spiro atoms. The number of ether oxygens (including phenoxy) is 2. The molecule has 0 unspecified atom stereocenters. The van der Waals surface area contributed by atoms with Crippen LogP contribution < -0.4 is 15.6 Å². The molecule has 2 aromatic carbocycles. The van der Waals surface area contributed by atoms with Crippen molar-refractivity contribution >= 4 is 51.8 Å². The lowest BCUT2D eigenvalue weighted by Gasteiger charge is -2.13. The zero-order valence-electron chi connectivity index (χ0n) is 16.9. The van der Waals surface area contributed by atoms with E-state index in [2.05, 4.69) is 10.3 Å². The number of methoxy groups -OCH3 is 2. The van der Waals surface area contributed by atoms with Gasteiger partial charge in [0.15, 0.2) is 5.16 Å². The number of halogens is 1. The van der Waals surface area contributed by atoms with E-state index in [4.69, 9.17) is 21.1 Å². The van der Waals surface area contributed by atoms with Crippen LogP contribution in [-0.4, -0.2) is 41.4 Å². The normalized spacial score (nSPS) is 10.7. The number of hydrogen-bond donors (Lipinski definition) is 1. The Balaban J connectivity index is 1.75. The Hall–Kier alpha value is -3.04. The number of nitrogens with one attached hydrogen (secondary N) is 1. The van der Waals surface area contributed by atoms with E-state index in [1.807, 2.05) is 0 Å². The van der Waals surface area contributed by atoms with Gasteiger partial charge in [0.1, 0.15) is 12.3 Å². The number of carbonyl (C=O) groups excluding carboxylic acids is 2. The highest BCUT2D eigenvalue weighted by Crippen LogP contribution is 2.28. The van der Waals surface area contributed by atoms with E-state index in [1.54, 1.807) is 42.5 Å². The minimum atomic E-state index is -0.563. The average molecular weight is 462 g/mol. The highest BCUT2D eigenvalue weighted by atomic mass is 35.5. The Kier molecular flexibility index (Phi) is 7.54. The number of carbonyl (C=O) groups is 2. The third kappa shape index (κ3) is 5.56. The Morgan fingerprint density at radius 1 is 1.19 bits per heavy atom. The lowest BCUT2D eigenvalue weighted by Crippen LogP contribution is -2.27. The number of rotatable bonds is 8. The van der Waals surface area contributed by atoms with E-state index in [0.29, 0.717) is 38.3 Å². The number of nitrogens with zero attached hydrogens (tertiary/aromatic N) is 2. The molecule has 1 N–H and O–H groups in total. The molecule has 0 fully saturated rings. The van der Waals surface area contributed by atoms with Crippen LogP contribution in [0.3, 0.4) is 0 Å². The maximum atomic E-state index is 12.8. The largest absolute Gasteiger partial charge is 0.495 e. The van der Waals surface area contributed by atoms with Gasteiger partial charge in [-0.2, -0.15) is 0 Å². The topological polar surface area (TPSA) is 99.5 Å². The molecule has 0 saturated carbocycles. The summed E-state index contributed by atoms with van der Waals surface area (Å²) in [6, 6.07) is 11.8. The van der Waals surface area contributed by atoms with Crippen molar-refractivity contribution in [3.8, 4) is 5.75 Å². The molecule has 1 amide bonds. The molecular weight excluding hydrogens is 442 g/mol. The quantitative estimate of drug-likeness (QED) is 0.312. The number of para-hydroxylation sites is 1. The molecule has 0 atom stereocenters. The van der Waals surface area contributed by atoms with Gasteiger partial charge >= 0.3 is 5.97 Å². The number of aromatic nitrogens is 2. The fourth-order valence-electron chi connectivity index (χ4n) is 2.82. The van der Waals surface area contributed by atoms with Crippen LogP contribution in [0.25, 0.3) is 10.9 Å². The lowest BCUT2D eigenvalue weighted by atomic mass is 10.2. The smallest absolute Gasteiger partial charge is 0.325 e. The van der Waals surface area contributed by atoms with Crippen LogP contribution in [0.1, 0.15) is 6.42 Å². The predicted octanol–water partition coefficient (Wildman–Crippen LogP) is 3.35. The molecule has 162 valence electrons. The molecular formula is C21H20ClN3O5S. The van der Waals surface area contributed by atoms with E-state index in [0.717, 1.165) is 0 Å². The number of benzene rings is 2. The number of thioether (sulfide) groups is 1. The lowest BCUT2D eigenvalue weighted by molar-refractivity contribution is -0.141. The molecule has 10 heteroatoms. The van der Waals surface area contributed by atoms with Crippen LogP contribution in [0.15, 0.2) is 52.4 Å². The first-order chi connectivity index (χ1) is 14.9. The maximum absolute atomic E-state index is 12.8. The molecule has 0 aliphatic heterocycles. The van der Waals surface area contributed by atoms with E-state index >= 15 is 0 Å². The van der Waals surface area contributed by atoms with Crippen LogP contribution in [0.4, 0.5) is 5.69 Å². The van der Waals surface area contributed by atoms with Crippen molar-refractivity contribution in [1.82, 2.24) is 9.55 Å². The Bertz CT molecular complexity index is 1180. The van der Waals surface area contributed by atoms with Crippen molar-refractivity contribution in [2.24, 2.45) is 0 Å². The highest BCUT2D eigenvalue weighted by Gasteiger charge is 2.15. The summed E-state index contributed by atoms with van der Waals surface area (Å²) in [5.74, 6) is 0.0109. The number of anilines is 1. The minimum Gasteiger partial charge on any atom is -0.495 e. The summed E-state index contributed by atoms with van der Waals surface area (Å²) >= 11 is 7.19. The summed E-state index contributed by atoms with van der Waals surface area (Å²) < 4.78 is 11.2. The van der Waals surface area contributed by atoms with Crippen LogP contribution >= 0.6 is 23.4 Å². The second-order valence-corrected chi connectivity index (χ2v) is 7.87. The third-order valence-electron chi connectivity index (χ3n) is 4.34. The van der Waals surface area contributed by atoms with Crippen LogP contribution in [0, 0.1) is 0 Å². The first-order valence-electron chi connectivity index (χ1n) is 9.25. The molecule has 1 aromatic heterocycles. The minimum absolute atomic E-state index is 0.140. The van der Waals surface area contributed by atoms with Crippen molar-refractivity contribution in [1.29, 1.82) is 0 Å². The van der Waals surface area contributed by atoms with Crippen LogP contribution in [0.2, 0.25) is 5.02 Å². The van der Waals surface area contributed by atoms with Gasteiger partial charge in [-0.3, -0.25) is 19.0 Å². The van der Waals surface area contributed by atoms with Gasteiger partial charge in [0.25, 0.3) is 5.56 Å². The van der Waals surface area contributed by atoms with Gasteiger partial charge in [-0.05, 0) is 30.3 Å². The van der Waals surface area contributed by atoms with Gasteiger partial charge in [0, 0.05) is 17.2 Å². The summed E-state index contributed by atoms with van der Waals surface area (Å²) in [5.41, 5.74) is 0.646. The standard InChI is InChI=1S/C21H20ClN3O5S/c1-29-17-8-7-13(22)11-16(17)23-18(26)9-10-31-21-24-15-6-4-3-5-14(15)20(28)25(21)12-19(27)30-2/h3-8,11H,9-10,12H2,1-2H3,(H,23,26). The van der Waals surface area contributed by atoms with Gasteiger partial charge in [-0.1, -0.05) is 35.5 Å². The van der Waals surface area contributed by atoms with Crippen LogP contribution in [-0.2, 0) is 20.9 Å². The predicted molar refractivity (Wildman–Crippen MR) is 120 cm³/mol. The van der Waals surface area contributed by atoms with Crippen molar-refractivity contribution in [3.05, 3.63) is 57.8 Å². The van der Waals surface area contributed by atoms with Crippen molar-refractivity contribution in [2.45, 2.75) is 18.1 Å².